The lowest BCUT2D eigenvalue weighted by molar-refractivity contribution is 0.0305. The van der Waals surface area contributed by atoms with E-state index in [4.69, 9.17) is 0 Å². The van der Waals surface area contributed by atoms with Gasteiger partial charge in [0.05, 0.1) is 28.8 Å². The molecule has 7 nitrogen and oxygen atoms in total. The molecule has 3 fully saturated rings. The third-order valence-corrected chi connectivity index (χ3v) is 6.89. The first kappa shape index (κ1) is 16.9. The first-order valence-electron chi connectivity index (χ1n) is 10.1. The topological polar surface area (TPSA) is 90.9 Å². The molecule has 1 aliphatic heterocycles. The summed E-state index contributed by atoms with van der Waals surface area (Å²) in [6, 6.07) is 10.8. The van der Waals surface area contributed by atoms with E-state index in [2.05, 4.69) is 39.3 Å². The van der Waals surface area contributed by atoms with Gasteiger partial charge in [0.15, 0.2) is 5.82 Å². The molecule has 2 aliphatic carbocycles. The standard InChI is InChI=1S/C22H22N6O/c1-20(29)12-27(13-20)18-7-19(25-14-24-18)28-17-6-16(3-2-15(17)8-26-28)22(11-23)9-21(10-22)4-5-21/h2-3,6-8,14,29H,4-5,9-10,12-13H2,1H3. The van der Waals surface area contributed by atoms with Crippen molar-refractivity contribution in [2.45, 2.75) is 43.6 Å². The Kier molecular flexibility index (Phi) is 3.11. The molecular weight excluding hydrogens is 364 g/mol. The summed E-state index contributed by atoms with van der Waals surface area (Å²) < 4.78 is 1.82. The minimum Gasteiger partial charge on any atom is -0.386 e. The highest BCUT2D eigenvalue weighted by Gasteiger charge is 2.61. The normalized spacial score (nSPS) is 22.7. The highest BCUT2D eigenvalue weighted by atomic mass is 16.3. The minimum absolute atomic E-state index is 0.361. The molecular formula is C22H22N6O. The maximum atomic E-state index is 10.0. The Bertz CT molecular complexity index is 1170. The van der Waals surface area contributed by atoms with Crippen molar-refractivity contribution in [3.8, 4) is 11.9 Å². The number of fused-ring (bicyclic) bond motifs is 1. The largest absolute Gasteiger partial charge is 0.386 e. The SMILES string of the molecule is CC1(O)CN(c2cc(-n3ncc4ccc(C5(C#N)CC6(CC6)C5)cc43)ncn2)C1. The Hall–Kier alpha value is -2.98. The summed E-state index contributed by atoms with van der Waals surface area (Å²) >= 11 is 0. The Balaban J connectivity index is 1.38. The molecule has 2 saturated carbocycles. The molecule has 0 radical (unpaired) electrons. The fraction of sp³-hybridized carbons (Fsp3) is 0.455. The molecule has 3 aliphatic rings. The average molecular weight is 386 g/mol. The van der Waals surface area contributed by atoms with E-state index in [9.17, 15) is 10.4 Å². The van der Waals surface area contributed by atoms with E-state index in [1.807, 2.05) is 28.8 Å². The maximum absolute atomic E-state index is 10.0. The summed E-state index contributed by atoms with van der Waals surface area (Å²) in [7, 11) is 0. The predicted molar refractivity (Wildman–Crippen MR) is 108 cm³/mol. The second-order valence-electron chi connectivity index (χ2n) is 9.46. The van der Waals surface area contributed by atoms with Crippen molar-refractivity contribution in [2.24, 2.45) is 5.41 Å². The Labute approximate surface area is 168 Å². The maximum Gasteiger partial charge on any atom is 0.159 e. The van der Waals surface area contributed by atoms with Crippen molar-refractivity contribution >= 4 is 16.7 Å². The number of aliphatic hydroxyl groups is 1. The Morgan fingerprint density at radius 2 is 1.86 bits per heavy atom. The first-order chi connectivity index (χ1) is 13.9. The zero-order chi connectivity index (χ0) is 19.9. The number of hydrogen-bond donors (Lipinski definition) is 1. The van der Waals surface area contributed by atoms with Crippen LogP contribution in [0.3, 0.4) is 0 Å². The van der Waals surface area contributed by atoms with Crippen LogP contribution in [0.25, 0.3) is 16.7 Å². The molecule has 3 aromatic rings. The summed E-state index contributed by atoms with van der Waals surface area (Å²) in [6.45, 7) is 2.94. The van der Waals surface area contributed by atoms with Gasteiger partial charge < -0.3 is 10.0 Å². The average Bonchev–Trinajstić information content (AvgIpc) is 3.35. The van der Waals surface area contributed by atoms with Gasteiger partial charge in [0, 0.05) is 24.5 Å². The number of β-amino-alcohol motifs (C(OH)–C–C–N with tert-alkyl or cyclic N) is 1. The smallest absolute Gasteiger partial charge is 0.159 e. The van der Waals surface area contributed by atoms with Crippen LogP contribution in [-0.4, -0.2) is 43.5 Å². The van der Waals surface area contributed by atoms with E-state index >= 15 is 0 Å². The van der Waals surface area contributed by atoms with Gasteiger partial charge in [0.25, 0.3) is 0 Å². The third-order valence-electron chi connectivity index (χ3n) is 6.89. The molecule has 29 heavy (non-hydrogen) atoms. The second-order valence-corrected chi connectivity index (χ2v) is 9.46. The van der Waals surface area contributed by atoms with Crippen LogP contribution in [0.4, 0.5) is 5.82 Å². The summed E-state index contributed by atoms with van der Waals surface area (Å²) in [5, 5.41) is 25.5. The summed E-state index contributed by atoms with van der Waals surface area (Å²) in [5.74, 6) is 1.47. The fourth-order valence-electron chi connectivity index (χ4n) is 5.17. The lowest BCUT2D eigenvalue weighted by atomic mass is 9.57. The fourth-order valence-corrected chi connectivity index (χ4v) is 5.17. The monoisotopic (exact) mass is 386 g/mol. The van der Waals surface area contributed by atoms with Crippen LogP contribution in [0.5, 0.6) is 0 Å². The molecule has 7 heteroatoms. The van der Waals surface area contributed by atoms with Crippen molar-refractivity contribution in [3.05, 3.63) is 42.4 Å². The third kappa shape index (κ3) is 2.49. The quantitative estimate of drug-likeness (QED) is 0.744. The van der Waals surface area contributed by atoms with Crippen molar-refractivity contribution in [3.63, 3.8) is 0 Å². The highest BCUT2D eigenvalue weighted by Crippen LogP contribution is 2.68. The zero-order valence-corrected chi connectivity index (χ0v) is 16.3. The number of nitriles is 1. The van der Waals surface area contributed by atoms with Crippen molar-refractivity contribution in [2.75, 3.05) is 18.0 Å². The Morgan fingerprint density at radius 1 is 1.10 bits per heavy atom. The van der Waals surface area contributed by atoms with E-state index in [1.54, 1.807) is 0 Å². The highest BCUT2D eigenvalue weighted by molar-refractivity contribution is 5.81. The van der Waals surface area contributed by atoms with Crippen LogP contribution in [-0.2, 0) is 5.41 Å². The number of nitrogens with zero attached hydrogens (tertiary/aromatic N) is 6. The van der Waals surface area contributed by atoms with Gasteiger partial charge in [0.1, 0.15) is 12.1 Å². The number of rotatable bonds is 3. The molecule has 6 rings (SSSR count). The van der Waals surface area contributed by atoms with Crippen molar-refractivity contribution in [1.29, 1.82) is 5.26 Å². The van der Waals surface area contributed by atoms with E-state index in [0.717, 1.165) is 35.1 Å². The number of aromatic nitrogens is 4. The predicted octanol–water partition coefficient (Wildman–Crippen LogP) is 2.72. The molecule has 1 spiro atoms. The lowest BCUT2D eigenvalue weighted by Crippen LogP contribution is -2.60. The van der Waals surface area contributed by atoms with Gasteiger partial charge in [-0.15, -0.1) is 0 Å². The van der Waals surface area contributed by atoms with E-state index in [0.29, 0.717) is 24.3 Å². The molecule has 1 N–H and O–H groups in total. The van der Waals surface area contributed by atoms with Gasteiger partial charge in [-0.2, -0.15) is 10.4 Å². The summed E-state index contributed by atoms with van der Waals surface area (Å²) in [5.41, 5.74) is 1.46. The lowest BCUT2D eigenvalue weighted by Gasteiger charge is -2.44. The van der Waals surface area contributed by atoms with Gasteiger partial charge in [-0.05, 0) is 49.7 Å². The minimum atomic E-state index is -0.661. The molecule has 0 bridgehead atoms. The van der Waals surface area contributed by atoms with Crippen LogP contribution >= 0.6 is 0 Å². The Morgan fingerprint density at radius 3 is 2.55 bits per heavy atom. The molecule has 3 heterocycles. The van der Waals surface area contributed by atoms with E-state index < -0.39 is 5.60 Å². The summed E-state index contributed by atoms with van der Waals surface area (Å²) in [4.78, 5) is 10.8. The van der Waals surface area contributed by atoms with Gasteiger partial charge in [-0.1, -0.05) is 12.1 Å². The molecule has 1 aromatic carbocycles. The number of anilines is 1. The summed E-state index contributed by atoms with van der Waals surface area (Å²) in [6.07, 6.45) is 7.85. The van der Waals surface area contributed by atoms with Crippen LogP contribution in [0.1, 0.15) is 38.2 Å². The van der Waals surface area contributed by atoms with Gasteiger partial charge in [0.2, 0.25) is 0 Å². The molecule has 0 atom stereocenters. The number of benzene rings is 1. The molecule has 146 valence electrons. The van der Waals surface area contributed by atoms with Gasteiger partial charge in [-0.3, -0.25) is 0 Å². The van der Waals surface area contributed by atoms with Crippen molar-refractivity contribution in [1.82, 2.24) is 19.7 Å². The first-order valence-corrected chi connectivity index (χ1v) is 10.1. The van der Waals surface area contributed by atoms with Crippen LogP contribution in [0.2, 0.25) is 0 Å². The molecule has 0 amide bonds. The van der Waals surface area contributed by atoms with Crippen LogP contribution in [0.15, 0.2) is 36.8 Å². The zero-order valence-electron chi connectivity index (χ0n) is 16.3. The van der Waals surface area contributed by atoms with Gasteiger partial charge in [-0.25, -0.2) is 14.6 Å². The molecule has 0 unspecified atom stereocenters. The van der Waals surface area contributed by atoms with Crippen molar-refractivity contribution < 1.29 is 5.11 Å². The van der Waals surface area contributed by atoms with E-state index in [-0.39, 0.29) is 5.41 Å². The van der Waals surface area contributed by atoms with Gasteiger partial charge >= 0.3 is 0 Å². The molecule has 1 saturated heterocycles. The van der Waals surface area contributed by atoms with E-state index in [1.165, 1.54) is 19.2 Å². The van der Waals surface area contributed by atoms with Crippen LogP contribution < -0.4 is 4.90 Å². The molecule has 2 aromatic heterocycles. The second kappa shape index (κ2) is 5.33. The number of hydrogen-bond acceptors (Lipinski definition) is 6. The van der Waals surface area contributed by atoms with Crippen LogP contribution in [0, 0.1) is 16.7 Å².